The molecule has 0 N–H and O–H groups in total. The van der Waals surface area contributed by atoms with Crippen LogP contribution in [0.4, 0.5) is 11.4 Å². The van der Waals surface area contributed by atoms with E-state index in [9.17, 15) is 0 Å². The van der Waals surface area contributed by atoms with E-state index in [1.807, 2.05) is 0 Å². The van der Waals surface area contributed by atoms with E-state index in [1.165, 1.54) is 71.4 Å². The van der Waals surface area contributed by atoms with Crippen molar-refractivity contribution in [2.45, 2.75) is 0 Å². The molecule has 0 amide bonds. The van der Waals surface area contributed by atoms with Gasteiger partial charge in [0.2, 0.25) is 0 Å². The van der Waals surface area contributed by atoms with Crippen molar-refractivity contribution >= 4 is 60.2 Å². The molecule has 0 saturated carbocycles. The summed E-state index contributed by atoms with van der Waals surface area (Å²) in [5, 5.41) is 7.81. The number of hydrogen-bond donors (Lipinski definition) is 0. The van der Waals surface area contributed by atoms with Crippen molar-refractivity contribution in [2.24, 2.45) is 0 Å². The van der Waals surface area contributed by atoms with Gasteiger partial charge in [-0.3, -0.25) is 0 Å². The maximum Gasteiger partial charge on any atom is 0.0620 e. The van der Waals surface area contributed by atoms with Gasteiger partial charge in [-0.1, -0.05) is 84.9 Å². The second-order valence-electron chi connectivity index (χ2n) is 9.90. The van der Waals surface area contributed by atoms with Crippen LogP contribution in [0.15, 0.2) is 127 Å². The molecule has 2 heterocycles. The monoisotopic (exact) mass is 472 g/mol. The molecule has 2 heteroatoms. The molecule has 0 aliphatic heterocycles. The molecule has 174 valence electrons. The molecule has 8 aromatic rings. The van der Waals surface area contributed by atoms with Crippen molar-refractivity contribution in [3.8, 4) is 11.1 Å². The first-order valence-corrected chi connectivity index (χ1v) is 12.8. The highest BCUT2D eigenvalue weighted by molar-refractivity contribution is 6.24. The topological polar surface area (TPSA) is 7.65 Å². The maximum atomic E-state index is 2.46. The summed E-state index contributed by atoms with van der Waals surface area (Å²) in [6.45, 7) is 0. The number of hydrogen-bond acceptors (Lipinski definition) is 1. The van der Waals surface area contributed by atoms with Crippen LogP contribution < -0.4 is 4.90 Å². The van der Waals surface area contributed by atoms with Crippen LogP contribution in [0, 0.1) is 0 Å². The van der Waals surface area contributed by atoms with E-state index in [-0.39, 0.29) is 0 Å². The number of anilines is 2. The largest absolute Gasteiger partial charge is 0.344 e. The third-order valence-electron chi connectivity index (χ3n) is 7.90. The van der Waals surface area contributed by atoms with E-state index in [4.69, 9.17) is 0 Å². The minimum Gasteiger partial charge on any atom is -0.344 e. The molecule has 0 aliphatic carbocycles. The molecule has 8 rings (SSSR count). The van der Waals surface area contributed by atoms with Crippen molar-refractivity contribution in [1.82, 2.24) is 4.40 Å². The molecule has 0 unspecified atom stereocenters. The Kier molecular flexibility index (Phi) is 4.18. The first-order valence-electron chi connectivity index (χ1n) is 12.8. The highest BCUT2D eigenvalue weighted by atomic mass is 15.1. The van der Waals surface area contributed by atoms with Crippen molar-refractivity contribution in [3.05, 3.63) is 127 Å². The standard InChI is InChI=1S/C35H24N2/c1-36(26-10-3-2-4-11-26)32-16-7-5-12-27(32)24-19-18-23-21-31-30-15-9-14-29-28-13-6-8-17-33(28)37(35(29)30)34(31)22-25(23)20-24/h2-22H,1H3. The van der Waals surface area contributed by atoms with Crippen LogP contribution >= 0.6 is 0 Å². The third-order valence-corrected chi connectivity index (χ3v) is 7.90. The molecule has 2 nitrogen and oxygen atoms in total. The van der Waals surface area contributed by atoms with Crippen LogP contribution in [0.5, 0.6) is 0 Å². The first kappa shape index (κ1) is 20.4. The number of aromatic nitrogens is 1. The fourth-order valence-electron chi connectivity index (χ4n) is 6.14. The Balaban J connectivity index is 1.37. The zero-order chi connectivity index (χ0) is 24.5. The lowest BCUT2D eigenvalue weighted by molar-refractivity contribution is 1.21. The van der Waals surface area contributed by atoms with Crippen LogP contribution in [0.1, 0.15) is 0 Å². The Labute approximate surface area is 214 Å². The van der Waals surface area contributed by atoms with Gasteiger partial charge in [-0.05, 0) is 58.8 Å². The van der Waals surface area contributed by atoms with E-state index in [0.717, 1.165) is 0 Å². The van der Waals surface area contributed by atoms with Gasteiger partial charge in [-0.25, -0.2) is 0 Å². The predicted octanol–water partition coefficient (Wildman–Crippen LogP) is 9.42. The van der Waals surface area contributed by atoms with Crippen LogP contribution in [0.2, 0.25) is 0 Å². The van der Waals surface area contributed by atoms with Gasteiger partial charge in [-0.15, -0.1) is 0 Å². The summed E-state index contributed by atoms with van der Waals surface area (Å²) in [4.78, 5) is 2.27. The normalized spacial score (nSPS) is 11.9. The summed E-state index contributed by atoms with van der Waals surface area (Å²) >= 11 is 0. The number of nitrogens with zero attached hydrogens (tertiary/aromatic N) is 2. The number of fused-ring (bicyclic) bond motifs is 7. The van der Waals surface area contributed by atoms with Gasteiger partial charge in [0, 0.05) is 45.5 Å². The van der Waals surface area contributed by atoms with Gasteiger partial charge < -0.3 is 9.30 Å². The average molecular weight is 473 g/mol. The molecule has 0 spiro atoms. The number of rotatable bonds is 3. The summed E-state index contributed by atoms with van der Waals surface area (Å²) in [7, 11) is 2.14. The van der Waals surface area contributed by atoms with Crippen LogP contribution in [-0.2, 0) is 0 Å². The Morgan fingerprint density at radius 1 is 0.514 bits per heavy atom. The Morgan fingerprint density at radius 3 is 2.14 bits per heavy atom. The molecule has 0 aliphatic rings. The summed E-state index contributed by atoms with van der Waals surface area (Å²) in [6.07, 6.45) is 0. The molecule has 0 atom stereocenters. The van der Waals surface area contributed by atoms with E-state index in [1.54, 1.807) is 0 Å². The summed E-state index contributed by atoms with van der Waals surface area (Å²) < 4.78 is 2.46. The number of benzene rings is 6. The minimum atomic E-state index is 1.18. The highest BCUT2D eigenvalue weighted by Gasteiger charge is 2.18. The molecule has 0 bridgehead atoms. The van der Waals surface area contributed by atoms with Gasteiger partial charge in [0.05, 0.1) is 16.6 Å². The number of para-hydroxylation sites is 4. The molecular weight excluding hydrogens is 448 g/mol. The minimum absolute atomic E-state index is 1.18. The second-order valence-corrected chi connectivity index (χ2v) is 9.90. The molecule has 6 aromatic carbocycles. The zero-order valence-corrected chi connectivity index (χ0v) is 20.5. The molecule has 0 fully saturated rings. The first-order chi connectivity index (χ1) is 18.3. The van der Waals surface area contributed by atoms with Crippen LogP contribution in [0.3, 0.4) is 0 Å². The fourth-order valence-corrected chi connectivity index (χ4v) is 6.14. The lowest BCUT2D eigenvalue weighted by atomic mass is 9.98. The highest BCUT2D eigenvalue weighted by Crippen LogP contribution is 2.41. The Morgan fingerprint density at radius 2 is 1.24 bits per heavy atom. The lowest BCUT2D eigenvalue weighted by Gasteiger charge is -2.23. The average Bonchev–Trinajstić information content (AvgIpc) is 3.47. The second kappa shape index (κ2) is 7.59. The van der Waals surface area contributed by atoms with E-state index < -0.39 is 0 Å². The van der Waals surface area contributed by atoms with E-state index in [0.29, 0.717) is 0 Å². The smallest absolute Gasteiger partial charge is 0.0620 e. The zero-order valence-electron chi connectivity index (χ0n) is 20.5. The third kappa shape index (κ3) is 2.87. The van der Waals surface area contributed by atoms with E-state index >= 15 is 0 Å². The van der Waals surface area contributed by atoms with Gasteiger partial charge >= 0.3 is 0 Å². The molecular formula is C35H24N2. The van der Waals surface area contributed by atoms with Crippen molar-refractivity contribution < 1.29 is 0 Å². The van der Waals surface area contributed by atoms with Crippen molar-refractivity contribution in [3.63, 3.8) is 0 Å². The van der Waals surface area contributed by atoms with Crippen LogP contribution in [-0.4, -0.2) is 11.4 Å². The summed E-state index contributed by atoms with van der Waals surface area (Å²) in [6, 6.07) is 46.3. The molecule has 2 aromatic heterocycles. The van der Waals surface area contributed by atoms with Crippen LogP contribution in [0.25, 0.3) is 60.0 Å². The maximum absolute atomic E-state index is 2.46. The van der Waals surface area contributed by atoms with Gasteiger partial charge in [-0.2, -0.15) is 0 Å². The molecule has 0 saturated heterocycles. The Bertz CT molecular complexity index is 2100. The molecule has 37 heavy (non-hydrogen) atoms. The van der Waals surface area contributed by atoms with Crippen molar-refractivity contribution in [1.29, 1.82) is 0 Å². The van der Waals surface area contributed by atoms with Gasteiger partial charge in [0.1, 0.15) is 0 Å². The van der Waals surface area contributed by atoms with Gasteiger partial charge in [0.15, 0.2) is 0 Å². The fraction of sp³-hybridized carbons (Fsp3) is 0.0286. The SMILES string of the molecule is CN(c1ccccc1)c1ccccc1-c1ccc2cc3c4cccc5c6ccccc6n(c3cc2c1)c54. The van der Waals surface area contributed by atoms with Crippen molar-refractivity contribution in [2.75, 3.05) is 11.9 Å². The quantitative estimate of drug-likeness (QED) is 0.248. The Hall–Kier alpha value is -4.82. The predicted molar refractivity (Wildman–Crippen MR) is 159 cm³/mol. The van der Waals surface area contributed by atoms with Gasteiger partial charge in [0.25, 0.3) is 0 Å². The summed E-state index contributed by atoms with van der Waals surface area (Å²) in [5.74, 6) is 0. The summed E-state index contributed by atoms with van der Waals surface area (Å²) in [5.41, 5.74) is 8.69. The molecule has 0 radical (unpaired) electrons. The van der Waals surface area contributed by atoms with E-state index in [2.05, 4.69) is 144 Å². The lowest BCUT2D eigenvalue weighted by Crippen LogP contribution is -2.10.